The third-order valence-electron chi connectivity index (χ3n) is 6.61. The van der Waals surface area contributed by atoms with Crippen LogP contribution in [-0.2, 0) is 9.53 Å². The molecule has 0 saturated heterocycles. The number of benzene rings is 2. The van der Waals surface area contributed by atoms with E-state index in [-0.39, 0.29) is 24.9 Å². The van der Waals surface area contributed by atoms with E-state index in [1.54, 1.807) is 0 Å². The fraction of sp³-hybridized carbons (Fsp3) is 0.417. The molecule has 5 nitrogen and oxygen atoms in total. The Morgan fingerprint density at radius 1 is 1.10 bits per heavy atom. The molecule has 29 heavy (non-hydrogen) atoms. The van der Waals surface area contributed by atoms with Crippen molar-refractivity contribution >= 4 is 12.1 Å². The highest BCUT2D eigenvalue weighted by Gasteiger charge is 2.51. The number of alkyl carbamates (subject to hydrolysis) is 1. The normalized spacial score (nSPS) is 21.6. The molecule has 2 N–H and O–H groups in total. The van der Waals surface area contributed by atoms with Crippen molar-refractivity contribution in [3.05, 3.63) is 59.7 Å². The maximum atomic E-state index is 12.7. The van der Waals surface area contributed by atoms with Crippen LogP contribution in [0.15, 0.2) is 48.5 Å². The largest absolute Gasteiger partial charge is 0.481 e. The van der Waals surface area contributed by atoms with Crippen LogP contribution in [0.2, 0.25) is 0 Å². The highest BCUT2D eigenvalue weighted by Crippen LogP contribution is 2.49. The number of hydrogen-bond acceptors (Lipinski definition) is 3. The van der Waals surface area contributed by atoms with Crippen molar-refractivity contribution in [3.8, 4) is 11.1 Å². The smallest absolute Gasteiger partial charge is 0.407 e. The molecular formula is C24H27NO4. The Labute approximate surface area is 171 Å². The van der Waals surface area contributed by atoms with Crippen LogP contribution in [0.25, 0.3) is 11.1 Å². The number of ether oxygens (including phenoxy) is 1. The predicted octanol–water partition coefficient (Wildman–Crippen LogP) is 4.80. The Bertz CT molecular complexity index is 894. The van der Waals surface area contributed by atoms with E-state index in [2.05, 4.69) is 36.5 Å². The van der Waals surface area contributed by atoms with Gasteiger partial charge in [-0.2, -0.15) is 0 Å². The third kappa shape index (κ3) is 3.61. The van der Waals surface area contributed by atoms with Crippen molar-refractivity contribution < 1.29 is 19.4 Å². The van der Waals surface area contributed by atoms with Crippen LogP contribution in [0.5, 0.6) is 0 Å². The lowest BCUT2D eigenvalue weighted by molar-refractivity contribution is -0.139. The van der Waals surface area contributed by atoms with Crippen molar-refractivity contribution in [1.29, 1.82) is 0 Å². The van der Waals surface area contributed by atoms with Crippen molar-refractivity contribution in [1.82, 2.24) is 5.32 Å². The predicted molar refractivity (Wildman–Crippen MR) is 111 cm³/mol. The Balaban J connectivity index is 1.49. The lowest BCUT2D eigenvalue weighted by Crippen LogP contribution is -2.52. The van der Waals surface area contributed by atoms with Gasteiger partial charge in [0.15, 0.2) is 0 Å². The minimum Gasteiger partial charge on any atom is -0.481 e. The molecule has 3 atom stereocenters. The molecule has 1 fully saturated rings. The maximum Gasteiger partial charge on any atom is 0.407 e. The van der Waals surface area contributed by atoms with Crippen LogP contribution in [0.3, 0.4) is 0 Å². The Hall–Kier alpha value is -2.82. The van der Waals surface area contributed by atoms with E-state index < -0.39 is 17.6 Å². The highest BCUT2D eigenvalue weighted by atomic mass is 16.5. The van der Waals surface area contributed by atoms with Gasteiger partial charge in [0.1, 0.15) is 6.61 Å². The molecule has 152 valence electrons. The summed E-state index contributed by atoms with van der Waals surface area (Å²) in [6.07, 6.45) is 0.889. The summed E-state index contributed by atoms with van der Waals surface area (Å²) in [6, 6.07) is 16.4. The van der Waals surface area contributed by atoms with Gasteiger partial charge < -0.3 is 15.2 Å². The van der Waals surface area contributed by atoms with Gasteiger partial charge in [0.25, 0.3) is 0 Å². The molecule has 2 aromatic rings. The molecule has 0 spiro atoms. The zero-order chi connectivity index (χ0) is 20.6. The summed E-state index contributed by atoms with van der Waals surface area (Å²) in [5.41, 5.74) is 3.93. The van der Waals surface area contributed by atoms with Crippen molar-refractivity contribution in [2.75, 3.05) is 6.61 Å². The van der Waals surface area contributed by atoms with Gasteiger partial charge in [-0.05, 0) is 46.9 Å². The third-order valence-corrected chi connectivity index (χ3v) is 6.61. The van der Waals surface area contributed by atoms with Crippen LogP contribution < -0.4 is 5.32 Å². The second kappa shape index (κ2) is 7.54. The maximum absolute atomic E-state index is 12.7. The first-order chi connectivity index (χ1) is 13.9. The minimum absolute atomic E-state index is 0.0106. The molecule has 1 saturated carbocycles. The summed E-state index contributed by atoms with van der Waals surface area (Å²) in [5.74, 6) is -0.305. The van der Waals surface area contributed by atoms with Crippen LogP contribution in [0.4, 0.5) is 4.79 Å². The second-order valence-corrected chi connectivity index (χ2v) is 8.35. The quantitative estimate of drug-likeness (QED) is 0.708. The molecular weight excluding hydrogens is 366 g/mol. The summed E-state index contributed by atoms with van der Waals surface area (Å²) in [7, 11) is 0. The van der Waals surface area contributed by atoms with Crippen molar-refractivity contribution in [2.45, 2.75) is 44.6 Å². The standard InChI is InChI=1S/C24H27NO4/c1-3-24(13-22(26)27,21-12-15(21)2)25-23(28)29-14-20-18-10-6-4-8-16(18)17-9-5-7-11-19(17)20/h4-11,15,20-21H,3,12-14H2,1-2H3,(H,25,28)(H,26,27). The second-order valence-electron chi connectivity index (χ2n) is 8.35. The number of amides is 1. The minimum atomic E-state index is -0.898. The van der Waals surface area contributed by atoms with Gasteiger partial charge in [-0.3, -0.25) is 4.79 Å². The number of carbonyl (C=O) groups is 2. The van der Waals surface area contributed by atoms with E-state index >= 15 is 0 Å². The molecule has 0 radical (unpaired) electrons. The Kier molecular flexibility index (Phi) is 5.07. The van der Waals surface area contributed by atoms with Gasteiger partial charge in [0.2, 0.25) is 0 Å². The summed E-state index contributed by atoms with van der Waals surface area (Å²) < 4.78 is 5.65. The number of aliphatic carboxylic acids is 1. The number of fused-ring (bicyclic) bond motifs is 3. The van der Waals surface area contributed by atoms with Crippen LogP contribution in [0, 0.1) is 11.8 Å². The van der Waals surface area contributed by atoms with E-state index in [0.29, 0.717) is 12.3 Å². The number of hydrogen-bond donors (Lipinski definition) is 2. The Morgan fingerprint density at radius 3 is 2.14 bits per heavy atom. The molecule has 5 heteroatoms. The summed E-state index contributed by atoms with van der Waals surface area (Å²) in [6.45, 7) is 4.25. The molecule has 4 rings (SSSR count). The molecule has 3 unspecified atom stereocenters. The first-order valence-corrected chi connectivity index (χ1v) is 10.3. The molecule has 1 amide bonds. The molecule has 0 bridgehead atoms. The average molecular weight is 393 g/mol. The summed E-state index contributed by atoms with van der Waals surface area (Å²) >= 11 is 0. The van der Waals surface area contributed by atoms with Crippen LogP contribution >= 0.6 is 0 Å². The van der Waals surface area contributed by atoms with Crippen molar-refractivity contribution in [3.63, 3.8) is 0 Å². The van der Waals surface area contributed by atoms with Gasteiger partial charge in [0, 0.05) is 5.92 Å². The lowest BCUT2D eigenvalue weighted by atomic mass is 9.85. The van der Waals surface area contributed by atoms with Gasteiger partial charge >= 0.3 is 12.1 Å². The number of carboxylic acid groups (broad SMARTS) is 1. The van der Waals surface area contributed by atoms with Crippen molar-refractivity contribution in [2.24, 2.45) is 11.8 Å². The van der Waals surface area contributed by atoms with Crippen LogP contribution in [0.1, 0.15) is 50.2 Å². The average Bonchev–Trinajstić information content (AvgIpc) is 3.36. The SMILES string of the molecule is CCC(CC(=O)O)(NC(=O)OCC1c2ccccc2-c2ccccc21)C1CC1C. The van der Waals surface area contributed by atoms with E-state index in [1.807, 2.05) is 31.2 Å². The van der Waals surface area contributed by atoms with Gasteiger partial charge in [-0.15, -0.1) is 0 Å². The molecule has 2 aliphatic carbocycles. The molecule has 0 aromatic heterocycles. The molecule has 0 aliphatic heterocycles. The summed E-state index contributed by atoms with van der Waals surface area (Å²) in [5, 5.41) is 12.3. The molecule has 2 aliphatic rings. The summed E-state index contributed by atoms with van der Waals surface area (Å²) in [4.78, 5) is 24.1. The topological polar surface area (TPSA) is 75.6 Å². The molecule has 0 heterocycles. The van der Waals surface area contributed by atoms with E-state index in [1.165, 1.54) is 11.1 Å². The Morgan fingerprint density at radius 2 is 1.66 bits per heavy atom. The van der Waals surface area contributed by atoms with Crippen LogP contribution in [-0.4, -0.2) is 29.3 Å². The first kappa shape index (κ1) is 19.5. The number of carbonyl (C=O) groups excluding carboxylic acids is 1. The number of rotatable bonds is 7. The molecule has 2 aromatic carbocycles. The van der Waals surface area contributed by atoms with E-state index in [4.69, 9.17) is 4.74 Å². The lowest BCUT2D eigenvalue weighted by Gasteiger charge is -2.33. The number of nitrogens with one attached hydrogen (secondary N) is 1. The zero-order valence-electron chi connectivity index (χ0n) is 16.9. The van der Waals surface area contributed by atoms with E-state index in [9.17, 15) is 14.7 Å². The van der Waals surface area contributed by atoms with Gasteiger partial charge in [-0.1, -0.05) is 62.4 Å². The van der Waals surface area contributed by atoms with Gasteiger partial charge in [-0.25, -0.2) is 4.79 Å². The van der Waals surface area contributed by atoms with Gasteiger partial charge in [0.05, 0.1) is 12.0 Å². The monoisotopic (exact) mass is 393 g/mol. The number of carboxylic acids is 1. The van der Waals surface area contributed by atoms with E-state index in [0.717, 1.165) is 17.5 Å². The fourth-order valence-corrected chi connectivity index (χ4v) is 4.94. The zero-order valence-corrected chi connectivity index (χ0v) is 16.9. The highest BCUT2D eigenvalue weighted by molar-refractivity contribution is 5.79. The fourth-order valence-electron chi connectivity index (χ4n) is 4.94. The first-order valence-electron chi connectivity index (χ1n) is 10.3.